The predicted molar refractivity (Wildman–Crippen MR) is 70.6 cm³/mol. The summed E-state index contributed by atoms with van der Waals surface area (Å²) in [6.07, 6.45) is 4.18. The summed E-state index contributed by atoms with van der Waals surface area (Å²) in [6.45, 7) is 5.41. The van der Waals surface area contributed by atoms with Crippen LogP contribution in [0.2, 0.25) is 0 Å². The van der Waals surface area contributed by atoms with Gasteiger partial charge >= 0.3 is 5.97 Å². The first-order valence-corrected chi connectivity index (χ1v) is 6.98. The van der Waals surface area contributed by atoms with E-state index >= 15 is 0 Å². The summed E-state index contributed by atoms with van der Waals surface area (Å²) >= 11 is 0. The Morgan fingerprint density at radius 3 is 2.68 bits per heavy atom. The van der Waals surface area contributed by atoms with Gasteiger partial charge in [0.15, 0.2) is 0 Å². The van der Waals surface area contributed by atoms with E-state index in [9.17, 15) is 9.90 Å². The fraction of sp³-hybridized carbons (Fsp3) is 0.643. The SMILES string of the molecule is O=C(O)c1ccn(CCN2CCOCC2)c1C1CC1. The third kappa shape index (κ3) is 2.82. The number of ether oxygens (including phenoxy) is 1. The lowest BCUT2D eigenvalue weighted by atomic mass is 10.2. The Balaban J connectivity index is 1.68. The molecule has 2 fully saturated rings. The maximum Gasteiger partial charge on any atom is 0.337 e. The van der Waals surface area contributed by atoms with Crippen molar-refractivity contribution in [3.05, 3.63) is 23.5 Å². The van der Waals surface area contributed by atoms with E-state index in [0.29, 0.717) is 11.5 Å². The molecule has 0 aromatic carbocycles. The molecule has 1 aliphatic carbocycles. The largest absolute Gasteiger partial charge is 0.478 e. The van der Waals surface area contributed by atoms with E-state index in [4.69, 9.17) is 4.74 Å². The number of hydrogen-bond acceptors (Lipinski definition) is 3. The zero-order valence-electron chi connectivity index (χ0n) is 11.0. The number of carboxylic acids is 1. The molecular formula is C14H20N2O3. The van der Waals surface area contributed by atoms with Gasteiger partial charge in [0.1, 0.15) is 0 Å². The van der Waals surface area contributed by atoms with E-state index in [0.717, 1.165) is 57.9 Å². The number of aromatic carboxylic acids is 1. The Labute approximate surface area is 112 Å². The highest BCUT2D eigenvalue weighted by atomic mass is 16.5. The van der Waals surface area contributed by atoms with Gasteiger partial charge in [-0.05, 0) is 18.9 Å². The quantitative estimate of drug-likeness (QED) is 0.873. The molecule has 0 radical (unpaired) electrons. The highest BCUT2D eigenvalue weighted by Gasteiger charge is 2.31. The normalized spacial score (nSPS) is 20.6. The van der Waals surface area contributed by atoms with Crippen LogP contribution >= 0.6 is 0 Å². The monoisotopic (exact) mass is 264 g/mol. The van der Waals surface area contributed by atoms with Crippen LogP contribution in [-0.2, 0) is 11.3 Å². The highest BCUT2D eigenvalue weighted by molar-refractivity contribution is 5.89. The number of carboxylic acid groups (broad SMARTS) is 1. The third-order valence-electron chi connectivity index (χ3n) is 3.96. The molecule has 0 bridgehead atoms. The second-order valence-corrected chi connectivity index (χ2v) is 5.34. The van der Waals surface area contributed by atoms with Crippen molar-refractivity contribution in [2.45, 2.75) is 25.3 Å². The molecule has 2 heterocycles. The van der Waals surface area contributed by atoms with Crippen LogP contribution in [-0.4, -0.2) is 53.4 Å². The third-order valence-corrected chi connectivity index (χ3v) is 3.96. The van der Waals surface area contributed by atoms with Crippen molar-refractivity contribution in [2.75, 3.05) is 32.8 Å². The minimum absolute atomic E-state index is 0.464. The van der Waals surface area contributed by atoms with Gasteiger partial charge < -0.3 is 14.4 Å². The van der Waals surface area contributed by atoms with Crippen LogP contribution in [0, 0.1) is 0 Å². The van der Waals surface area contributed by atoms with Crippen LogP contribution in [0.4, 0.5) is 0 Å². The number of hydrogen-bond donors (Lipinski definition) is 1. The maximum absolute atomic E-state index is 11.2. The molecule has 0 spiro atoms. The molecule has 1 aromatic heterocycles. The summed E-state index contributed by atoms with van der Waals surface area (Å²) < 4.78 is 7.47. The Kier molecular flexibility index (Phi) is 3.57. The Morgan fingerprint density at radius 1 is 1.32 bits per heavy atom. The highest BCUT2D eigenvalue weighted by Crippen LogP contribution is 2.42. The van der Waals surface area contributed by atoms with Crippen LogP contribution in [0.1, 0.15) is 34.8 Å². The minimum Gasteiger partial charge on any atom is -0.478 e. The number of nitrogens with zero attached hydrogens (tertiary/aromatic N) is 2. The summed E-state index contributed by atoms with van der Waals surface area (Å²) in [7, 11) is 0. The van der Waals surface area contributed by atoms with Crippen molar-refractivity contribution in [1.82, 2.24) is 9.47 Å². The van der Waals surface area contributed by atoms with E-state index in [1.807, 2.05) is 6.20 Å². The Morgan fingerprint density at radius 2 is 2.05 bits per heavy atom. The second kappa shape index (κ2) is 5.35. The average molecular weight is 264 g/mol. The summed E-state index contributed by atoms with van der Waals surface area (Å²) in [6, 6.07) is 1.75. The first-order valence-electron chi connectivity index (χ1n) is 6.98. The fourth-order valence-electron chi connectivity index (χ4n) is 2.75. The lowest BCUT2D eigenvalue weighted by molar-refractivity contribution is 0.0363. The van der Waals surface area contributed by atoms with Crippen molar-refractivity contribution in [2.24, 2.45) is 0 Å². The maximum atomic E-state index is 11.2. The zero-order chi connectivity index (χ0) is 13.2. The van der Waals surface area contributed by atoms with Crippen molar-refractivity contribution in [3.63, 3.8) is 0 Å². The number of morpholine rings is 1. The molecule has 0 atom stereocenters. The molecule has 1 saturated heterocycles. The van der Waals surface area contributed by atoms with E-state index in [2.05, 4.69) is 9.47 Å². The molecule has 5 heteroatoms. The van der Waals surface area contributed by atoms with Crippen LogP contribution in [0.5, 0.6) is 0 Å². The predicted octanol–water partition coefficient (Wildman–Crippen LogP) is 1.40. The molecule has 104 valence electrons. The topological polar surface area (TPSA) is 54.7 Å². The van der Waals surface area contributed by atoms with Crippen LogP contribution < -0.4 is 0 Å². The number of carbonyl (C=O) groups is 1. The molecule has 1 aromatic rings. The van der Waals surface area contributed by atoms with Crippen molar-refractivity contribution >= 4 is 5.97 Å². The van der Waals surface area contributed by atoms with Crippen molar-refractivity contribution in [1.29, 1.82) is 0 Å². The summed E-state index contributed by atoms with van der Waals surface area (Å²) in [5.41, 5.74) is 1.52. The molecular weight excluding hydrogens is 244 g/mol. The lowest BCUT2D eigenvalue weighted by Gasteiger charge is -2.27. The average Bonchev–Trinajstić information content (AvgIpc) is 3.17. The molecule has 2 aliphatic rings. The summed E-state index contributed by atoms with van der Waals surface area (Å²) in [5.74, 6) is -0.335. The Bertz CT molecular complexity index is 459. The molecule has 19 heavy (non-hydrogen) atoms. The van der Waals surface area contributed by atoms with Gasteiger partial charge in [0, 0.05) is 44.0 Å². The minimum atomic E-state index is -0.799. The molecule has 1 aliphatic heterocycles. The zero-order valence-corrected chi connectivity index (χ0v) is 11.0. The molecule has 3 rings (SSSR count). The van der Waals surface area contributed by atoms with E-state index in [1.54, 1.807) is 6.07 Å². The first-order chi connectivity index (χ1) is 9.25. The molecule has 1 N–H and O–H groups in total. The van der Waals surface area contributed by atoms with E-state index < -0.39 is 5.97 Å². The van der Waals surface area contributed by atoms with Gasteiger partial charge in [-0.15, -0.1) is 0 Å². The fourth-order valence-corrected chi connectivity index (χ4v) is 2.75. The standard InChI is InChI=1S/C14H20N2O3/c17-14(18)12-3-4-16(13(12)11-1-2-11)6-5-15-7-9-19-10-8-15/h3-4,11H,1-2,5-10H2,(H,17,18). The van der Waals surface area contributed by atoms with Crippen LogP contribution in [0.3, 0.4) is 0 Å². The van der Waals surface area contributed by atoms with Crippen LogP contribution in [0.15, 0.2) is 12.3 Å². The van der Waals surface area contributed by atoms with Gasteiger partial charge in [-0.1, -0.05) is 0 Å². The molecule has 0 unspecified atom stereocenters. The van der Waals surface area contributed by atoms with Gasteiger partial charge in [0.2, 0.25) is 0 Å². The van der Waals surface area contributed by atoms with E-state index in [1.165, 1.54) is 0 Å². The molecule has 5 nitrogen and oxygen atoms in total. The summed E-state index contributed by atoms with van der Waals surface area (Å²) in [4.78, 5) is 13.6. The Hall–Kier alpha value is -1.33. The van der Waals surface area contributed by atoms with Crippen LogP contribution in [0.25, 0.3) is 0 Å². The smallest absolute Gasteiger partial charge is 0.337 e. The number of aromatic nitrogens is 1. The first kappa shape index (κ1) is 12.7. The molecule has 0 amide bonds. The van der Waals surface area contributed by atoms with Gasteiger partial charge in [0.05, 0.1) is 18.8 Å². The second-order valence-electron chi connectivity index (χ2n) is 5.34. The van der Waals surface area contributed by atoms with E-state index in [-0.39, 0.29) is 0 Å². The van der Waals surface area contributed by atoms with Gasteiger partial charge in [0.25, 0.3) is 0 Å². The van der Waals surface area contributed by atoms with Gasteiger partial charge in [-0.3, -0.25) is 4.90 Å². The van der Waals surface area contributed by atoms with Gasteiger partial charge in [-0.2, -0.15) is 0 Å². The van der Waals surface area contributed by atoms with Crippen molar-refractivity contribution in [3.8, 4) is 0 Å². The summed E-state index contributed by atoms with van der Waals surface area (Å²) in [5, 5.41) is 9.23. The van der Waals surface area contributed by atoms with Crippen molar-refractivity contribution < 1.29 is 14.6 Å². The van der Waals surface area contributed by atoms with Gasteiger partial charge in [-0.25, -0.2) is 4.79 Å². The number of rotatable bonds is 5. The lowest BCUT2D eigenvalue weighted by Crippen LogP contribution is -2.38. The molecule has 1 saturated carbocycles.